The van der Waals surface area contributed by atoms with Crippen LogP contribution in [0.15, 0.2) is 6.20 Å². The summed E-state index contributed by atoms with van der Waals surface area (Å²) in [4.78, 5) is 2.64. The van der Waals surface area contributed by atoms with Crippen molar-refractivity contribution in [2.45, 2.75) is 77.2 Å². The molecule has 22 heavy (non-hydrogen) atoms. The maximum atomic E-state index is 4.46. The highest BCUT2D eigenvalue weighted by Crippen LogP contribution is 2.33. The molecule has 1 saturated heterocycles. The molecule has 4 nitrogen and oxygen atoms in total. The van der Waals surface area contributed by atoms with Crippen molar-refractivity contribution < 1.29 is 0 Å². The zero-order valence-electron chi connectivity index (χ0n) is 14.4. The van der Waals surface area contributed by atoms with E-state index < -0.39 is 0 Å². The normalized spacial score (nSPS) is 23.2. The van der Waals surface area contributed by atoms with Crippen LogP contribution >= 0.6 is 0 Å². The maximum Gasteiger partial charge on any atom is 0.0858 e. The highest BCUT2D eigenvalue weighted by atomic mass is 15.4. The quantitative estimate of drug-likeness (QED) is 0.796. The molecule has 4 heteroatoms. The molecule has 0 aromatic carbocycles. The summed E-state index contributed by atoms with van der Waals surface area (Å²) in [6, 6.07) is 0.570. The fourth-order valence-corrected chi connectivity index (χ4v) is 4.27. The number of hydrogen-bond acceptors (Lipinski definition) is 3. The Morgan fingerprint density at radius 2 is 1.91 bits per heavy atom. The second-order valence-corrected chi connectivity index (χ2v) is 7.53. The summed E-state index contributed by atoms with van der Waals surface area (Å²) in [5, 5.41) is 8.91. The number of rotatable bonds is 6. The Hall–Kier alpha value is -0.900. The zero-order valence-corrected chi connectivity index (χ0v) is 14.4. The lowest BCUT2D eigenvalue weighted by Gasteiger charge is -2.33. The lowest BCUT2D eigenvalue weighted by Crippen LogP contribution is -2.37. The molecule has 1 aliphatic carbocycles. The minimum Gasteiger partial charge on any atom is -0.303 e. The van der Waals surface area contributed by atoms with E-state index in [-0.39, 0.29) is 0 Å². The molecular formula is C18H32N4. The first-order chi connectivity index (χ1) is 10.8. The van der Waals surface area contributed by atoms with Crippen molar-refractivity contribution in [1.29, 1.82) is 0 Å². The smallest absolute Gasteiger partial charge is 0.0858 e. The molecule has 0 unspecified atom stereocenters. The van der Waals surface area contributed by atoms with Gasteiger partial charge in [-0.05, 0) is 38.0 Å². The summed E-state index contributed by atoms with van der Waals surface area (Å²) >= 11 is 0. The van der Waals surface area contributed by atoms with Crippen LogP contribution in [-0.4, -0.2) is 39.5 Å². The molecular weight excluding hydrogens is 272 g/mol. The number of hydrogen-bond donors (Lipinski definition) is 0. The summed E-state index contributed by atoms with van der Waals surface area (Å²) < 4.78 is 2.17. The Labute approximate surface area is 135 Å². The molecule has 0 spiro atoms. The van der Waals surface area contributed by atoms with Gasteiger partial charge in [0.05, 0.1) is 11.7 Å². The Kier molecular flexibility index (Phi) is 5.51. The predicted molar refractivity (Wildman–Crippen MR) is 90.0 cm³/mol. The van der Waals surface area contributed by atoms with Gasteiger partial charge in [-0.3, -0.25) is 0 Å². The van der Waals surface area contributed by atoms with Crippen molar-refractivity contribution in [3.8, 4) is 0 Å². The van der Waals surface area contributed by atoms with E-state index in [1.54, 1.807) is 0 Å². The molecule has 2 aliphatic rings. The van der Waals surface area contributed by atoms with E-state index in [1.807, 2.05) is 0 Å². The molecule has 3 rings (SSSR count). The van der Waals surface area contributed by atoms with E-state index in [9.17, 15) is 0 Å². The van der Waals surface area contributed by atoms with Gasteiger partial charge in [-0.15, -0.1) is 5.10 Å². The molecule has 124 valence electrons. The largest absolute Gasteiger partial charge is 0.303 e. The number of piperidine rings is 1. The van der Waals surface area contributed by atoms with Crippen LogP contribution < -0.4 is 0 Å². The molecule has 1 aliphatic heterocycles. The number of nitrogens with zero attached hydrogens (tertiary/aromatic N) is 4. The molecule has 2 heterocycles. The van der Waals surface area contributed by atoms with E-state index in [0.29, 0.717) is 12.0 Å². The highest BCUT2D eigenvalue weighted by Gasteiger charge is 2.25. The van der Waals surface area contributed by atoms with Crippen molar-refractivity contribution >= 4 is 0 Å². The maximum absolute atomic E-state index is 4.46. The van der Waals surface area contributed by atoms with Crippen molar-refractivity contribution in [2.75, 3.05) is 19.6 Å². The van der Waals surface area contributed by atoms with Crippen LogP contribution in [0.2, 0.25) is 0 Å². The van der Waals surface area contributed by atoms with Gasteiger partial charge in [0.25, 0.3) is 0 Å². The Morgan fingerprint density at radius 3 is 2.59 bits per heavy atom. The van der Waals surface area contributed by atoms with Crippen LogP contribution in [0.5, 0.6) is 0 Å². The molecule has 1 atom stereocenters. The first kappa shape index (κ1) is 16.0. The Bertz CT molecular complexity index is 442. The predicted octanol–water partition coefficient (Wildman–Crippen LogP) is 4.01. The van der Waals surface area contributed by atoms with Crippen LogP contribution in [0.25, 0.3) is 0 Å². The number of likely N-dealkylation sites (tertiary alicyclic amines) is 1. The first-order valence-corrected chi connectivity index (χ1v) is 9.40. The summed E-state index contributed by atoms with van der Waals surface area (Å²) in [5.74, 6) is 1.52. The van der Waals surface area contributed by atoms with Crippen molar-refractivity contribution in [2.24, 2.45) is 5.92 Å². The minimum atomic E-state index is 0.570. The van der Waals surface area contributed by atoms with Gasteiger partial charge in [0.15, 0.2) is 0 Å². The molecule has 0 N–H and O–H groups in total. The van der Waals surface area contributed by atoms with Gasteiger partial charge in [0.2, 0.25) is 0 Å². The van der Waals surface area contributed by atoms with E-state index >= 15 is 0 Å². The van der Waals surface area contributed by atoms with Crippen LogP contribution in [0.4, 0.5) is 0 Å². The fraction of sp³-hybridized carbons (Fsp3) is 0.889. The zero-order chi connectivity index (χ0) is 15.4. The molecule has 1 aromatic heterocycles. The molecule has 0 amide bonds. The van der Waals surface area contributed by atoms with Gasteiger partial charge in [-0.2, -0.15) is 0 Å². The molecule has 1 aromatic rings. The summed E-state index contributed by atoms with van der Waals surface area (Å²) in [6.07, 6.45) is 12.7. The van der Waals surface area contributed by atoms with Gasteiger partial charge in [-0.25, -0.2) is 4.68 Å². The SMILES string of the molecule is CCC[C@@H](C)CN1CCC(n2cc(C3CCCC3)nn2)CC1. The topological polar surface area (TPSA) is 34.0 Å². The van der Waals surface area contributed by atoms with Crippen LogP contribution in [-0.2, 0) is 0 Å². The van der Waals surface area contributed by atoms with Crippen molar-refractivity contribution in [3.63, 3.8) is 0 Å². The lowest BCUT2D eigenvalue weighted by atomic mass is 10.0. The average molecular weight is 304 g/mol. The Balaban J connectivity index is 1.49. The van der Waals surface area contributed by atoms with E-state index in [0.717, 1.165) is 5.92 Å². The second kappa shape index (κ2) is 7.58. The molecule has 1 saturated carbocycles. The van der Waals surface area contributed by atoms with Gasteiger partial charge in [-0.1, -0.05) is 38.3 Å². The minimum absolute atomic E-state index is 0.570. The third-order valence-corrected chi connectivity index (χ3v) is 5.58. The van der Waals surface area contributed by atoms with Gasteiger partial charge in [0.1, 0.15) is 0 Å². The van der Waals surface area contributed by atoms with E-state index in [1.165, 1.54) is 76.7 Å². The third kappa shape index (κ3) is 3.89. The van der Waals surface area contributed by atoms with Crippen LogP contribution in [0.1, 0.15) is 82.9 Å². The summed E-state index contributed by atoms with van der Waals surface area (Å²) in [5.41, 5.74) is 1.25. The molecule has 0 radical (unpaired) electrons. The summed E-state index contributed by atoms with van der Waals surface area (Å²) in [7, 11) is 0. The van der Waals surface area contributed by atoms with Crippen molar-refractivity contribution in [3.05, 3.63) is 11.9 Å². The van der Waals surface area contributed by atoms with E-state index in [2.05, 4.69) is 39.9 Å². The molecule has 0 bridgehead atoms. The first-order valence-electron chi connectivity index (χ1n) is 9.40. The van der Waals surface area contributed by atoms with Crippen LogP contribution in [0, 0.1) is 5.92 Å². The number of aromatic nitrogens is 3. The fourth-order valence-electron chi connectivity index (χ4n) is 4.27. The van der Waals surface area contributed by atoms with Crippen molar-refractivity contribution in [1.82, 2.24) is 19.9 Å². The van der Waals surface area contributed by atoms with Gasteiger partial charge >= 0.3 is 0 Å². The average Bonchev–Trinajstić information content (AvgIpc) is 3.19. The third-order valence-electron chi connectivity index (χ3n) is 5.58. The molecule has 2 fully saturated rings. The summed E-state index contributed by atoms with van der Waals surface area (Å²) in [6.45, 7) is 8.39. The van der Waals surface area contributed by atoms with E-state index in [4.69, 9.17) is 0 Å². The highest BCUT2D eigenvalue weighted by molar-refractivity contribution is 5.04. The van der Waals surface area contributed by atoms with Gasteiger partial charge < -0.3 is 4.90 Å². The lowest BCUT2D eigenvalue weighted by molar-refractivity contribution is 0.157. The monoisotopic (exact) mass is 304 g/mol. The van der Waals surface area contributed by atoms with Gasteiger partial charge in [0, 0.05) is 31.7 Å². The standard InChI is InChI=1S/C18H32N4/c1-3-6-15(2)13-21-11-9-17(10-12-21)22-14-18(19-20-22)16-7-4-5-8-16/h14-17H,3-13H2,1-2H3/t15-/m1/s1. The second-order valence-electron chi connectivity index (χ2n) is 7.53. The van der Waals surface area contributed by atoms with Crippen LogP contribution in [0.3, 0.4) is 0 Å². The Morgan fingerprint density at radius 1 is 1.18 bits per heavy atom.